The Morgan fingerprint density at radius 3 is 2.59 bits per heavy atom. The second kappa shape index (κ2) is 6.67. The predicted octanol–water partition coefficient (Wildman–Crippen LogP) is 4.23. The lowest BCUT2D eigenvalue weighted by Gasteiger charge is -2.29. The molecule has 0 aromatic carbocycles. The van der Waals surface area contributed by atoms with Gasteiger partial charge in [-0.25, -0.2) is 8.78 Å². The number of rotatable bonds is 6. The van der Waals surface area contributed by atoms with Crippen LogP contribution in [0.15, 0.2) is 0 Å². The number of nitrogens with one attached hydrogen (secondary N) is 1. The van der Waals surface area contributed by atoms with E-state index in [0.717, 1.165) is 25.7 Å². The SMILES string of the molecule is CNC(CCCC1CCCC(F)(F)C1)C(C)C. The highest BCUT2D eigenvalue weighted by molar-refractivity contribution is 4.79. The smallest absolute Gasteiger partial charge is 0.248 e. The highest BCUT2D eigenvalue weighted by Crippen LogP contribution is 2.38. The van der Waals surface area contributed by atoms with Crippen LogP contribution >= 0.6 is 0 Å². The molecule has 2 atom stereocenters. The zero-order chi connectivity index (χ0) is 12.9. The molecule has 17 heavy (non-hydrogen) atoms. The summed E-state index contributed by atoms with van der Waals surface area (Å²) in [6, 6.07) is 0.527. The Bertz CT molecular complexity index is 216. The third-order valence-electron chi connectivity index (χ3n) is 4.05. The van der Waals surface area contributed by atoms with E-state index in [0.29, 0.717) is 18.4 Å². The van der Waals surface area contributed by atoms with Crippen molar-refractivity contribution in [3.05, 3.63) is 0 Å². The van der Waals surface area contributed by atoms with E-state index < -0.39 is 5.92 Å². The molecular formula is C14H27F2N. The lowest BCUT2D eigenvalue weighted by atomic mass is 9.83. The van der Waals surface area contributed by atoms with Crippen LogP contribution in [0.2, 0.25) is 0 Å². The van der Waals surface area contributed by atoms with Gasteiger partial charge >= 0.3 is 0 Å². The summed E-state index contributed by atoms with van der Waals surface area (Å²) in [6.45, 7) is 4.41. The van der Waals surface area contributed by atoms with Crippen LogP contribution in [-0.2, 0) is 0 Å². The minimum absolute atomic E-state index is 0.106. The van der Waals surface area contributed by atoms with Gasteiger partial charge in [-0.15, -0.1) is 0 Å². The molecule has 0 aliphatic heterocycles. The standard InChI is InChI=1S/C14H27F2N/c1-11(2)13(17-3)8-4-6-12-7-5-9-14(15,16)10-12/h11-13,17H,4-10H2,1-3H3. The molecule has 1 aliphatic carbocycles. The molecule has 0 aromatic heterocycles. The van der Waals surface area contributed by atoms with E-state index in [2.05, 4.69) is 19.2 Å². The Morgan fingerprint density at radius 1 is 1.35 bits per heavy atom. The fraction of sp³-hybridized carbons (Fsp3) is 1.00. The van der Waals surface area contributed by atoms with Crippen molar-refractivity contribution in [2.75, 3.05) is 7.05 Å². The molecule has 0 saturated heterocycles. The first-order valence-corrected chi connectivity index (χ1v) is 6.99. The average molecular weight is 247 g/mol. The van der Waals surface area contributed by atoms with E-state index >= 15 is 0 Å². The van der Waals surface area contributed by atoms with E-state index in [-0.39, 0.29) is 18.8 Å². The Labute approximate surface area is 104 Å². The van der Waals surface area contributed by atoms with Crippen molar-refractivity contribution in [2.24, 2.45) is 11.8 Å². The van der Waals surface area contributed by atoms with Crippen molar-refractivity contribution < 1.29 is 8.78 Å². The lowest BCUT2D eigenvalue weighted by molar-refractivity contribution is -0.0538. The molecule has 1 N–H and O–H groups in total. The molecule has 0 bridgehead atoms. The summed E-state index contributed by atoms with van der Waals surface area (Å²) >= 11 is 0. The van der Waals surface area contributed by atoms with Crippen LogP contribution in [0.5, 0.6) is 0 Å². The molecule has 2 unspecified atom stereocenters. The minimum Gasteiger partial charge on any atom is -0.317 e. The van der Waals surface area contributed by atoms with Gasteiger partial charge in [0.05, 0.1) is 0 Å². The van der Waals surface area contributed by atoms with Crippen molar-refractivity contribution in [2.45, 2.75) is 70.8 Å². The summed E-state index contributed by atoms with van der Waals surface area (Å²) in [5.74, 6) is -1.51. The molecule has 1 fully saturated rings. The van der Waals surface area contributed by atoms with Gasteiger partial charge in [-0.1, -0.05) is 33.1 Å². The summed E-state index contributed by atoms with van der Waals surface area (Å²) in [5, 5.41) is 3.31. The van der Waals surface area contributed by atoms with Crippen LogP contribution in [-0.4, -0.2) is 19.0 Å². The predicted molar refractivity (Wildman–Crippen MR) is 68.4 cm³/mol. The number of alkyl halides is 2. The van der Waals surface area contributed by atoms with Crippen LogP contribution in [0.1, 0.15) is 58.8 Å². The highest BCUT2D eigenvalue weighted by atomic mass is 19.3. The van der Waals surface area contributed by atoms with E-state index in [4.69, 9.17) is 0 Å². The Kier molecular flexibility index (Phi) is 5.84. The molecule has 1 rings (SSSR count). The monoisotopic (exact) mass is 247 g/mol. The van der Waals surface area contributed by atoms with Crippen molar-refractivity contribution in [1.82, 2.24) is 5.32 Å². The van der Waals surface area contributed by atoms with Gasteiger partial charge in [0.15, 0.2) is 0 Å². The van der Waals surface area contributed by atoms with Crippen LogP contribution < -0.4 is 5.32 Å². The largest absolute Gasteiger partial charge is 0.317 e. The number of halogens is 2. The molecule has 3 heteroatoms. The van der Waals surface area contributed by atoms with Crippen molar-refractivity contribution in [1.29, 1.82) is 0 Å². The number of hydrogen-bond acceptors (Lipinski definition) is 1. The Balaban J connectivity index is 2.22. The summed E-state index contributed by atoms with van der Waals surface area (Å²) in [7, 11) is 1.99. The first-order chi connectivity index (χ1) is 7.94. The van der Waals surface area contributed by atoms with Crippen molar-refractivity contribution >= 4 is 0 Å². The van der Waals surface area contributed by atoms with Crippen molar-refractivity contribution in [3.8, 4) is 0 Å². The zero-order valence-corrected chi connectivity index (χ0v) is 11.4. The quantitative estimate of drug-likeness (QED) is 0.740. The fourth-order valence-corrected chi connectivity index (χ4v) is 2.96. The van der Waals surface area contributed by atoms with Gasteiger partial charge in [0.2, 0.25) is 5.92 Å². The molecule has 0 heterocycles. The van der Waals surface area contributed by atoms with Gasteiger partial charge in [0, 0.05) is 18.9 Å². The average Bonchev–Trinajstić information content (AvgIpc) is 2.22. The van der Waals surface area contributed by atoms with E-state index in [9.17, 15) is 8.78 Å². The molecule has 0 amide bonds. The van der Waals surface area contributed by atoms with Gasteiger partial charge < -0.3 is 5.32 Å². The third-order valence-corrected chi connectivity index (χ3v) is 4.05. The summed E-state index contributed by atoms with van der Waals surface area (Å²) in [6.07, 6.45) is 5.09. The normalized spacial score (nSPS) is 26.1. The molecule has 1 saturated carbocycles. The Morgan fingerprint density at radius 2 is 2.06 bits per heavy atom. The maximum Gasteiger partial charge on any atom is 0.248 e. The van der Waals surface area contributed by atoms with E-state index in [1.165, 1.54) is 0 Å². The summed E-state index contributed by atoms with van der Waals surface area (Å²) in [5.41, 5.74) is 0. The summed E-state index contributed by atoms with van der Waals surface area (Å²) < 4.78 is 26.4. The molecule has 1 aliphatic rings. The second-order valence-corrected chi connectivity index (χ2v) is 5.89. The molecular weight excluding hydrogens is 220 g/mol. The van der Waals surface area contributed by atoms with Gasteiger partial charge in [0.1, 0.15) is 0 Å². The maximum atomic E-state index is 13.2. The molecule has 1 nitrogen and oxygen atoms in total. The molecule has 0 spiro atoms. The van der Waals surface area contributed by atoms with Crippen LogP contribution in [0.3, 0.4) is 0 Å². The zero-order valence-electron chi connectivity index (χ0n) is 11.4. The van der Waals surface area contributed by atoms with Gasteiger partial charge in [-0.05, 0) is 31.7 Å². The van der Waals surface area contributed by atoms with Crippen molar-refractivity contribution in [3.63, 3.8) is 0 Å². The van der Waals surface area contributed by atoms with Gasteiger partial charge in [-0.2, -0.15) is 0 Å². The molecule has 0 aromatic rings. The molecule has 0 radical (unpaired) electrons. The fourth-order valence-electron chi connectivity index (χ4n) is 2.96. The van der Waals surface area contributed by atoms with Gasteiger partial charge in [0.25, 0.3) is 0 Å². The van der Waals surface area contributed by atoms with Gasteiger partial charge in [-0.3, -0.25) is 0 Å². The first kappa shape index (κ1) is 14.9. The van der Waals surface area contributed by atoms with Crippen LogP contribution in [0.25, 0.3) is 0 Å². The molecule has 102 valence electrons. The second-order valence-electron chi connectivity index (χ2n) is 5.89. The summed E-state index contributed by atoms with van der Waals surface area (Å²) in [4.78, 5) is 0. The topological polar surface area (TPSA) is 12.0 Å². The maximum absolute atomic E-state index is 13.2. The third kappa shape index (κ3) is 5.33. The van der Waals surface area contributed by atoms with E-state index in [1.54, 1.807) is 0 Å². The lowest BCUT2D eigenvalue weighted by Crippen LogP contribution is -2.31. The first-order valence-electron chi connectivity index (χ1n) is 6.99. The highest BCUT2D eigenvalue weighted by Gasteiger charge is 2.35. The Hall–Kier alpha value is -0.180. The van der Waals surface area contributed by atoms with Crippen LogP contribution in [0.4, 0.5) is 8.78 Å². The minimum atomic E-state index is -2.39. The number of hydrogen-bond donors (Lipinski definition) is 1. The van der Waals surface area contributed by atoms with Crippen LogP contribution in [0, 0.1) is 11.8 Å². The van der Waals surface area contributed by atoms with E-state index in [1.807, 2.05) is 7.05 Å².